The highest BCUT2D eigenvalue weighted by atomic mass is 16.5. The quantitative estimate of drug-likeness (QED) is 0.687. The van der Waals surface area contributed by atoms with Crippen molar-refractivity contribution in [2.75, 3.05) is 6.61 Å². The summed E-state index contributed by atoms with van der Waals surface area (Å²) in [7, 11) is 0. The third kappa shape index (κ3) is 1.82. The maximum Gasteiger partial charge on any atom is 0.333 e. The third-order valence-electron chi connectivity index (χ3n) is 4.68. The predicted molar refractivity (Wildman–Crippen MR) is 75.2 cm³/mol. The van der Waals surface area contributed by atoms with Crippen LogP contribution in [0.2, 0.25) is 0 Å². The lowest BCUT2D eigenvalue weighted by Crippen LogP contribution is -2.47. The molecule has 0 bridgehead atoms. The number of Topliss-reactive ketones (excluding diaryl/α,β-unsaturated/α-hetero) is 1. The van der Waals surface area contributed by atoms with E-state index in [0.29, 0.717) is 36.3 Å². The van der Waals surface area contributed by atoms with Crippen LogP contribution < -0.4 is 4.74 Å². The third-order valence-corrected chi connectivity index (χ3v) is 4.68. The summed E-state index contributed by atoms with van der Waals surface area (Å²) in [5.74, 6) is 0.190. The molecule has 21 heavy (non-hydrogen) atoms. The van der Waals surface area contributed by atoms with Gasteiger partial charge >= 0.3 is 5.97 Å². The molecule has 4 rings (SSSR count). The number of cyclic esters (lactones) is 1. The Labute approximate surface area is 122 Å². The molecule has 2 aliphatic heterocycles. The molecule has 1 aromatic rings. The first kappa shape index (κ1) is 12.6. The number of carbonyl (C=O) groups is 2. The second-order valence-corrected chi connectivity index (χ2v) is 5.97. The Bertz CT molecular complexity index is 673. The van der Waals surface area contributed by atoms with E-state index in [1.54, 1.807) is 0 Å². The van der Waals surface area contributed by atoms with Gasteiger partial charge in [0.15, 0.2) is 5.78 Å². The zero-order chi connectivity index (χ0) is 14.6. The van der Waals surface area contributed by atoms with Crippen molar-refractivity contribution in [2.45, 2.75) is 25.9 Å². The highest BCUT2D eigenvalue weighted by molar-refractivity contribution is 6.03. The normalized spacial score (nSPS) is 30.3. The Morgan fingerprint density at radius 2 is 2.10 bits per heavy atom. The van der Waals surface area contributed by atoms with Gasteiger partial charge in [-0.2, -0.15) is 0 Å². The van der Waals surface area contributed by atoms with Gasteiger partial charge in [-0.25, -0.2) is 4.79 Å². The Kier molecular flexibility index (Phi) is 2.67. The Balaban J connectivity index is 1.77. The molecule has 3 atom stereocenters. The largest absolute Gasteiger partial charge is 0.489 e. The van der Waals surface area contributed by atoms with Crippen molar-refractivity contribution in [2.24, 2.45) is 11.8 Å². The molecular formula is C17H16O4. The molecule has 4 heteroatoms. The van der Waals surface area contributed by atoms with Crippen LogP contribution in [0.3, 0.4) is 0 Å². The molecule has 1 saturated heterocycles. The lowest BCUT2D eigenvalue weighted by molar-refractivity contribution is -0.143. The zero-order valence-electron chi connectivity index (χ0n) is 11.8. The minimum absolute atomic E-state index is 0.0630. The molecule has 1 aliphatic carbocycles. The van der Waals surface area contributed by atoms with Crippen molar-refractivity contribution >= 4 is 11.8 Å². The van der Waals surface area contributed by atoms with Gasteiger partial charge in [-0.05, 0) is 31.0 Å². The average molecular weight is 284 g/mol. The number of ketones is 1. The number of benzene rings is 1. The van der Waals surface area contributed by atoms with Crippen LogP contribution in [0.5, 0.6) is 5.75 Å². The SMILES string of the molecule is Cc1ccc2c(c1)O[C@@H]1CC=C3C(=O)OCC[C@@H]3[C@H]1C2=O. The van der Waals surface area contributed by atoms with E-state index in [1.807, 2.05) is 31.2 Å². The summed E-state index contributed by atoms with van der Waals surface area (Å²) >= 11 is 0. The van der Waals surface area contributed by atoms with E-state index in [-0.39, 0.29) is 29.7 Å². The highest BCUT2D eigenvalue weighted by Crippen LogP contribution is 2.44. The van der Waals surface area contributed by atoms with Gasteiger partial charge in [0, 0.05) is 17.9 Å². The fourth-order valence-corrected chi connectivity index (χ4v) is 3.67. The average Bonchev–Trinajstić information content (AvgIpc) is 2.46. The van der Waals surface area contributed by atoms with Gasteiger partial charge in [0.1, 0.15) is 11.9 Å². The van der Waals surface area contributed by atoms with Crippen LogP contribution in [-0.2, 0) is 9.53 Å². The maximum atomic E-state index is 12.9. The highest BCUT2D eigenvalue weighted by Gasteiger charge is 2.48. The number of rotatable bonds is 0. The van der Waals surface area contributed by atoms with Crippen LogP contribution >= 0.6 is 0 Å². The van der Waals surface area contributed by atoms with Gasteiger partial charge in [-0.1, -0.05) is 12.1 Å². The molecule has 2 heterocycles. The lowest BCUT2D eigenvalue weighted by Gasteiger charge is -2.41. The van der Waals surface area contributed by atoms with Gasteiger partial charge in [-0.3, -0.25) is 4.79 Å². The van der Waals surface area contributed by atoms with Crippen molar-refractivity contribution < 1.29 is 19.1 Å². The molecule has 0 N–H and O–H groups in total. The summed E-state index contributed by atoms with van der Waals surface area (Å²) in [5, 5.41) is 0. The van der Waals surface area contributed by atoms with Crippen LogP contribution in [0.4, 0.5) is 0 Å². The zero-order valence-corrected chi connectivity index (χ0v) is 11.8. The summed E-state index contributed by atoms with van der Waals surface area (Å²) in [6.07, 6.45) is 3.02. The van der Waals surface area contributed by atoms with E-state index in [1.165, 1.54) is 0 Å². The first-order chi connectivity index (χ1) is 10.1. The first-order valence-corrected chi connectivity index (χ1v) is 7.34. The van der Waals surface area contributed by atoms with Crippen LogP contribution in [0.25, 0.3) is 0 Å². The van der Waals surface area contributed by atoms with Gasteiger partial charge in [0.2, 0.25) is 0 Å². The van der Waals surface area contributed by atoms with E-state index in [4.69, 9.17) is 9.47 Å². The van der Waals surface area contributed by atoms with Gasteiger partial charge in [-0.15, -0.1) is 0 Å². The number of carbonyl (C=O) groups excluding carboxylic acids is 2. The Morgan fingerprint density at radius 1 is 1.24 bits per heavy atom. The van der Waals surface area contributed by atoms with Gasteiger partial charge in [0.25, 0.3) is 0 Å². The number of hydrogen-bond acceptors (Lipinski definition) is 4. The maximum absolute atomic E-state index is 12.9. The molecular weight excluding hydrogens is 268 g/mol. The second-order valence-electron chi connectivity index (χ2n) is 5.97. The van der Waals surface area contributed by atoms with Crippen molar-refractivity contribution in [3.05, 3.63) is 41.0 Å². The lowest BCUT2D eigenvalue weighted by atomic mass is 9.70. The second kappa shape index (κ2) is 4.45. The summed E-state index contributed by atoms with van der Waals surface area (Å²) < 4.78 is 11.1. The number of aryl methyl sites for hydroxylation is 1. The summed E-state index contributed by atoms with van der Waals surface area (Å²) in [5.41, 5.74) is 2.38. The van der Waals surface area contributed by atoms with E-state index in [9.17, 15) is 9.59 Å². The number of hydrogen-bond donors (Lipinski definition) is 0. The molecule has 0 radical (unpaired) electrons. The predicted octanol–water partition coefficient (Wildman–Crippen LogP) is 2.45. The number of ether oxygens (including phenoxy) is 2. The molecule has 3 aliphatic rings. The Hall–Kier alpha value is -2.10. The summed E-state index contributed by atoms with van der Waals surface area (Å²) in [4.78, 5) is 24.7. The molecule has 4 nitrogen and oxygen atoms in total. The molecule has 0 saturated carbocycles. The van der Waals surface area contributed by atoms with Gasteiger partial charge in [0.05, 0.1) is 18.1 Å². The molecule has 0 aromatic heterocycles. The Morgan fingerprint density at radius 3 is 2.95 bits per heavy atom. The molecule has 108 valence electrons. The van der Waals surface area contributed by atoms with Gasteiger partial charge < -0.3 is 9.47 Å². The van der Waals surface area contributed by atoms with Crippen LogP contribution in [0.15, 0.2) is 29.8 Å². The first-order valence-electron chi connectivity index (χ1n) is 7.34. The monoisotopic (exact) mass is 284 g/mol. The van der Waals surface area contributed by atoms with E-state index in [0.717, 1.165) is 5.56 Å². The smallest absolute Gasteiger partial charge is 0.333 e. The fraction of sp³-hybridized carbons (Fsp3) is 0.412. The minimum Gasteiger partial charge on any atom is -0.489 e. The number of fused-ring (bicyclic) bond motifs is 4. The van der Waals surface area contributed by atoms with E-state index in [2.05, 4.69) is 0 Å². The topological polar surface area (TPSA) is 52.6 Å². The van der Waals surface area contributed by atoms with Crippen LogP contribution in [0, 0.1) is 18.8 Å². The standard InChI is InChI=1S/C17H16O4/c1-9-2-3-12-14(8-9)21-13-5-4-11-10(15(13)16(12)18)6-7-20-17(11)19/h2-4,8,10,13,15H,5-7H2,1H3/t10-,13+,15+/m0/s1. The minimum atomic E-state index is -0.271. The fourth-order valence-electron chi connectivity index (χ4n) is 3.67. The van der Waals surface area contributed by atoms with Crippen molar-refractivity contribution in [3.63, 3.8) is 0 Å². The molecule has 0 unspecified atom stereocenters. The summed E-state index contributed by atoms with van der Waals surface area (Å²) in [6, 6.07) is 5.68. The molecule has 0 spiro atoms. The molecule has 1 aromatic carbocycles. The summed E-state index contributed by atoms with van der Waals surface area (Å²) in [6.45, 7) is 2.37. The van der Waals surface area contributed by atoms with Crippen molar-refractivity contribution in [1.82, 2.24) is 0 Å². The number of esters is 1. The van der Waals surface area contributed by atoms with Crippen molar-refractivity contribution in [3.8, 4) is 5.75 Å². The van der Waals surface area contributed by atoms with E-state index < -0.39 is 0 Å². The molecule has 1 fully saturated rings. The molecule has 0 amide bonds. The van der Waals surface area contributed by atoms with Crippen LogP contribution in [0.1, 0.15) is 28.8 Å². The van der Waals surface area contributed by atoms with E-state index >= 15 is 0 Å². The van der Waals surface area contributed by atoms with Crippen LogP contribution in [-0.4, -0.2) is 24.5 Å². The van der Waals surface area contributed by atoms with Crippen molar-refractivity contribution in [1.29, 1.82) is 0 Å².